The van der Waals surface area contributed by atoms with Crippen molar-refractivity contribution in [1.82, 2.24) is 38.7 Å². The van der Waals surface area contributed by atoms with E-state index in [0.717, 1.165) is 48.0 Å². The number of carbonyl (C=O) groups is 2. The number of aromatic nitrogens is 6. The molecule has 0 unspecified atom stereocenters. The molecule has 0 atom stereocenters. The van der Waals surface area contributed by atoms with Crippen molar-refractivity contribution in [3.63, 3.8) is 0 Å². The minimum absolute atomic E-state index is 0.0173. The summed E-state index contributed by atoms with van der Waals surface area (Å²) < 4.78 is 66.5. The van der Waals surface area contributed by atoms with Crippen LogP contribution in [0.5, 0.6) is 0 Å². The second-order valence-corrected chi connectivity index (χ2v) is 17.3. The quantitative estimate of drug-likeness (QED) is 0.225. The van der Waals surface area contributed by atoms with E-state index in [1.807, 2.05) is 31.4 Å². The van der Waals surface area contributed by atoms with E-state index in [1.54, 1.807) is 77.3 Å². The minimum Gasteiger partial charge on any atom is -0.475 e. The van der Waals surface area contributed by atoms with Gasteiger partial charge in [0.15, 0.2) is 5.65 Å². The van der Waals surface area contributed by atoms with E-state index in [9.17, 15) is 31.6 Å². The molecule has 9 rings (SSSR count). The zero-order chi connectivity index (χ0) is 42.8. The van der Waals surface area contributed by atoms with Crippen molar-refractivity contribution in [2.24, 2.45) is 14.1 Å². The Kier molecular flexibility index (Phi) is 10.1. The van der Waals surface area contributed by atoms with E-state index in [1.165, 1.54) is 3.97 Å². The van der Waals surface area contributed by atoms with Gasteiger partial charge in [0, 0.05) is 73.4 Å². The Labute approximate surface area is 342 Å². The summed E-state index contributed by atoms with van der Waals surface area (Å²) in [5.74, 6) is -2.77. The van der Waals surface area contributed by atoms with Gasteiger partial charge < -0.3 is 15.3 Å². The fourth-order valence-corrected chi connectivity index (χ4v) is 10.8. The zero-order valence-corrected chi connectivity index (χ0v) is 33.8. The van der Waals surface area contributed by atoms with Crippen LogP contribution in [0.25, 0.3) is 44.3 Å². The first-order chi connectivity index (χ1) is 28.5. The van der Waals surface area contributed by atoms with Gasteiger partial charge in [-0.3, -0.25) is 19.1 Å². The minimum atomic E-state index is -5.08. The second-order valence-electron chi connectivity index (χ2n) is 15.5. The van der Waals surface area contributed by atoms with Crippen molar-refractivity contribution in [1.29, 1.82) is 5.26 Å². The first-order valence-electron chi connectivity index (χ1n) is 19.2. The summed E-state index contributed by atoms with van der Waals surface area (Å²) in [5, 5.41) is 31.0. The van der Waals surface area contributed by atoms with Crippen LogP contribution >= 0.6 is 0 Å². The van der Waals surface area contributed by atoms with Gasteiger partial charge in [0.2, 0.25) is 5.91 Å². The lowest BCUT2D eigenvalue weighted by molar-refractivity contribution is -0.192. The lowest BCUT2D eigenvalue weighted by atomic mass is 9.70. The van der Waals surface area contributed by atoms with E-state index in [-0.39, 0.29) is 22.0 Å². The molecule has 2 saturated heterocycles. The summed E-state index contributed by atoms with van der Waals surface area (Å²) in [7, 11) is 1.26. The van der Waals surface area contributed by atoms with Crippen molar-refractivity contribution in [2.75, 3.05) is 38.1 Å². The van der Waals surface area contributed by atoms with Crippen molar-refractivity contribution in [2.45, 2.75) is 54.1 Å². The molecule has 0 bridgehead atoms. The summed E-state index contributed by atoms with van der Waals surface area (Å²) >= 11 is 0. The van der Waals surface area contributed by atoms with Gasteiger partial charge in [-0.25, -0.2) is 22.2 Å². The first-order valence-corrected chi connectivity index (χ1v) is 20.7. The maximum atomic E-state index is 15.0. The van der Waals surface area contributed by atoms with E-state index < -0.39 is 27.6 Å². The number of fused-ring (bicyclic) bond motifs is 5. The molecular weight excluding hydrogens is 802 g/mol. The molecule has 2 N–H and O–H groups in total. The molecule has 15 nitrogen and oxygen atoms in total. The molecule has 0 aliphatic carbocycles. The summed E-state index contributed by atoms with van der Waals surface area (Å²) in [6.07, 6.45) is 5.13. The topological polar surface area (TPSA) is 184 Å². The van der Waals surface area contributed by atoms with Crippen molar-refractivity contribution in [3.8, 4) is 28.5 Å². The Balaban J connectivity index is 0.000000657. The third-order valence-electron chi connectivity index (χ3n) is 12.2. The molecule has 2 aromatic carbocycles. The average molecular weight is 843 g/mol. The maximum Gasteiger partial charge on any atom is 0.490 e. The second kappa shape index (κ2) is 14.9. The maximum absolute atomic E-state index is 15.0. The van der Waals surface area contributed by atoms with Gasteiger partial charge in [-0.1, -0.05) is 24.3 Å². The van der Waals surface area contributed by atoms with Gasteiger partial charge in [-0.2, -0.15) is 28.6 Å². The SMILES string of the molecule is CN1C(=O)C2(CCN(C3(CC#N)CCNCC3)CC2)c2c1cnc1c2c(-c2ccc3c(cnn3C)c2)c(-c2cnn(C)c2)n1S(=O)(=O)c1ccccc1.O=C(O)C(F)(F)F. The molecule has 4 aromatic heterocycles. The average Bonchev–Trinajstić information content (AvgIpc) is 3.98. The number of nitrogens with one attached hydrogen (secondary N) is 1. The monoisotopic (exact) mass is 842 g/mol. The standard InChI is InChI=1S/C39H40N10O3S.C2HF3O2/c1-45-25-28(23-43-45)35-32(26-9-10-30-27(21-26)22-44-47(30)3)33-34-31(24-42-36(33)49(35)53(51,52)29-7-5-4-6-8-29)46(2)37(50)39(34)14-19-48(20-15-39)38(11-16-40)12-17-41-18-13-38;3-2(4,5)1(6)7/h4-10,21-25,41H,11-15,17-20H2,1-3H3;(H,6,7). The Morgan fingerprint density at radius 1 is 0.967 bits per heavy atom. The molecule has 3 aliphatic heterocycles. The van der Waals surface area contributed by atoms with Gasteiger partial charge in [-0.15, -0.1) is 0 Å². The number of alkyl halides is 3. The van der Waals surface area contributed by atoms with Crippen molar-refractivity contribution >= 4 is 49.5 Å². The summed E-state index contributed by atoms with van der Waals surface area (Å²) in [6, 6.07) is 16.9. The van der Waals surface area contributed by atoms with Crippen LogP contribution in [0.4, 0.5) is 18.9 Å². The number of aliphatic carboxylic acids is 1. The van der Waals surface area contributed by atoms with Crippen LogP contribution in [-0.4, -0.2) is 104 Å². The third kappa shape index (κ3) is 6.49. The molecule has 6 aromatic rings. The number of hydrogen-bond donors (Lipinski definition) is 2. The van der Waals surface area contributed by atoms with Crippen LogP contribution < -0.4 is 10.2 Å². The van der Waals surface area contributed by atoms with Gasteiger partial charge >= 0.3 is 12.1 Å². The number of aryl methyl sites for hydroxylation is 2. The first kappa shape index (κ1) is 40.7. The third-order valence-corrected chi connectivity index (χ3v) is 13.9. The van der Waals surface area contributed by atoms with Gasteiger partial charge in [0.25, 0.3) is 10.0 Å². The zero-order valence-electron chi connectivity index (χ0n) is 32.9. The number of pyridine rings is 1. The molecule has 1 amide bonds. The Morgan fingerprint density at radius 2 is 1.65 bits per heavy atom. The lowest BCUT2D eigenvalue weighted by Crippen LogP contribution is -2.59. The molecule has 2 fully saturated rings. The number of anilines is 1. The number of carbonyl (C=O) groups excluding carboxylic acids is 1. The highest BCUT2D eigenvalue weighted by molar-refractivity contribution is 7.90. The number of nitrogens with zero attached hydrogens (tertiary/aromatic N) is 9. The number of hydrogen-bond acceptors (Lipinski definition) is 10. The van der Waals surface area contributed by atoms with Gasteiger partial charge in [0.05, 0.1) is 58.3 Å². The number of piperidine rings is 2. The molecule has 0 saturated carbocycles. The normalized spacial score (nSPS) is 17.8. The number of nitriles is 1. The van der Waals surface area contributed by atoms with Crippen LogP contribution in [0.1, 0.15) is 37.7 Å². The number of likely N-dealkylation sites (N-methyl/N-ethyl adjacent to an activating group) is 1. The molecule has 1 spiro atoms. The van der Waals surface area contributed by atoms with Gasteiger partial charge in [0.1, 0.15) is 0 Å². The Hall–Kier alpha value is -6.10. The van der Waals surface area contributed by atoms with Crippen molar-refractivity contribution < 1.29 is 36.3 Å². The van der Waals surface area contributed by atoms with Crippen LogP contribution in [0.15, 0.2) is 78.2 Å². The number of benzene rings is 2. The number of rotatable bonds is 6. The lowest BCUT2D eigenvalue weighted by Gasteiger charge is -2.50. The smallest absolute Gasteiger partial charge is 0.475 e. The summed E-state index contributed by atoms with van der Waals surface area (Å²) in [4.78, 5) is 32.8. The Bertz CT molecular complexity index is 2810. The van der Waals surface area contributed by atoms with Crippen LogP contribution in [0.3, 0.4) is 0 Å². The predicted molar refractivity (Wildman–Crippen MR) is 215 cm³/mol. The van der Waals surface area contributed by atoms with Gasteiger partial charge in [-0.05, 0) is 68.6 Å². The van der Waals surface area contributed by atoms with Crippen LogP contribution in [0, 0.1) is 11.3 Å². The van der Waals surface area contributed by atoms with E-state index in [0.29, 0.717) is 60.2 Å². The molecule has 3 aliphatic rings. The number of carboxylic acids is 1. The number of carboxylic acid groups (broad SMARTS) is 1. The summed E-state index contributed by atoms with van der Waals surface area (Å²) in [5.41, 5.74) is 4.00. The highest BCUT2D eigenvalue weighted by Gasteiger charge is 2.55. The molecular formula is C41H41F3N10O5S. The number of halogens is 3. The fraction of sp³-hybridized carbons (Fsp3) is 0.366. The predicted octanol–water partition coefficient (Wildman–Crippen LogP) is 5.21. The molecule has 7 heterocycles. The molecule has 312 valence electrons. The highest BCUT2D eigenvalue weighted by Crippen LogP contribution is 2.55. The van der Waals surface area contributed by atoms with Crippen LogP contribution in [-0.2, 0) is 39.1 Å². The number of amides is 1. The largest absolute Gasteiger partial charge is 0.490 e. The highest BCUT2D eigenvalue weighted by atomic mass is 32.2. The molecule has 60 heavy (non-hydrogen) atoms. The van der Waals surface area contributed by atoms with E-state index in [2.05, 4.69) is 26.5 Å². The van der Waals surface area contributed by atoms with Crippen molar-refractivity contribution in [3.05, 3.63) is 78.9 Å². The van der Waals surface area contributed by atoms with E-state index in [4.69, 9.17) is 14.9 Å². The number of likely N-dealkylation sites (tertiary alicyclic amines) is 1. The molecule has 0 radical (unpaired) electrons. The van der Waals surface area contributed by atoms with Crippen LogP contribution in [0.2, 0.25) is 0 Å². The Morgan fingerprint density at radius 3 is 2.27 bits per heavy atom. The fourth-order valence-electron chi connectivity index (χ4n) is 9.29. The summed E-state index contributed by atoms with van der Waals surface area (Å²) in [6.45, 7) is 2.98. The molecule has 19 heteroatoms. The van der Waals surface area contributed by atoms with E-state index >= 15 is 0 Å².